The second-order valence-corrected chi connectivity index (χ2v) is 7.83. The van der Waals surface area contributed by atoms with E-state index in [9.17, 15) is 0 Å². The van der Waals surface area contributed by atoms with Crippen LogP contribution in [-0.2, 0) is 13.0 Å². The molecule has 1 atom stereocenters. The minimum atomic E-state index is 0.154. The number of fused-ring (bicyclic) bond motifs is 3. The van der Waals surface area contributed by atoms with E-state index >= 15 is 0 Å². The minimum Gasteiger partial charge on any atom is -0.496 e. The smallest absolute Gasteiger partial charge is 0.122 e. The van der Waals surface area contributed by atoms with Crippen molar-refractivity contribution in [2.75, 3.05) is 13.7 Å². The Morgan fingerprint density at radius 1 is 1.14 bits per heavy atom. The number of nitrogens with one attached hydrogen (secondary N) is 2. The number of benzene rings is 2. The number of rotatable bonds is 4. The van der Waals surface area contributed by atoms with Crippen molar-refractivity contribution in [3.8, 4) is 5.75 Å². The molecule has 3 heterocycles. The van der Waals surface area contributed by atoms with Crippen molar-refractivity contribution in [1.82, 2.24) is 19.9 Å². The summed E-state index contributed by atoms with van der Waals surface area (Å²) in [7, 11) is 1.74. The van der Waals surface area contributed by atoms with Gasteiger partial charge in [0.15, 0.2) is 0 Å². The average molecular weight is 386 g/mol. The van der Waals surface area contributed by atoms with Crippen LogP contribution in [0.4, 0.5) is 0 Å². The van der Waals surface area contributed by atoms with E-state index in [-0.39, 0.29) is 6.04 Å². The van der Waals surface area contributed by atoms with Gasteiger partial charge in [0.05, 0.1) is 19.7 Å². The van der Waals surface area contributed by atoms with E-state index in [1.54, 1.807) is 7.11 Å². The lowest BCUT2D eigenvalue weighted by molar-refractivity contribution is 0.197. The van der Waals surface area contributed by atoms with E-state index in [0.29, 0.717) is 0 Å². The summed E-state index contributed by atoms with van der Waals surface area (Å²) >= 11 is 0. The summed E-state index contributed by atoms with van der Waals surface area (Å²) in [5, 5.41) is 1.34. The van der Waals surface area contributed by atoms with Crippen molar-refractivity contribution in [2.24, 2.45) is 0 Å². The molecule has 2 N–H and O–H groups in total. The number of hydrogen-bond donors (Lipinski definition) is 2. The zero-order chi connectivity index (χ0) is 20.0. The fourth-order valence-corrected chi connectivity index (χ4v) is 4.72. The molecule has 4 aromatic rings. The molecule has 5 heteroatoms. The molecule has 5 rings (SSSR count). The molecule has 2 aromatic carbocycles. The van der Waals surface area contributed by atoms with E-state index < -0.39 is 0 Å². The highest BCUT2D eigenvalue weighted by atomic mass is 16.5. The third kappa shape index (κ3) is 2.93. The summed E-state index contributed by atoms with van der Waals surface area (Å²) < 4.78 is 5.56. The molecule has 1 unspecified atom stereocenters. The van der Waals surface area contributed by atoms with E-state index in [0.717, 1.165) is 31.1 Å². The lowest BCUT2D eigenvalue weighted by atomic mass is 9.88. The van der Waals surface area contributed by atoms with Gasteiger partial charge in [-0.05, 0) is 54.7 Å². The molecule has 5 nitrogen and oxygen atoms in total. The van der Waals surface area contributed by atoms with E-state index in [1.807, 2.05) is 12.4 Å². The number of aromatic amines is 2. The monoisotopic (exact) mass is 386 g/mol. The van der Waals surface area contributed by atoms with Crippen LogP contribution in [0.25, 0.3) is 10.9 Å². The van der Waals surface area contributed by atoms with Gasteiger partial charge in [0.2, 0.25) is 0 Å². The highest BCUT2D eigenvalue weighted by molar-refractivity contribution is 5.85. The van der Waals surface area contributed by atoms with Crippen LogP contribution < -0.4 is 4.74 Å². The first-order chi connectivity index (χ1) is 14.2. The average Bonchev–Trinajstić information content (AvgIpc) is 3.38. The number of imidazole rings is 1. The predicted octanol–water partition coefficient (Wildman–Crippen LogP) is 4.66. The van der Waals surface area contributed by atoms with Crippen LogP contribution in [0.1, 0.15) is 39.8 Å². The second-order valence-electron chi connectivity index (χ2n) is 7.83. The van der Waals surface area contributed by atoms with Gasteiger partial charge in [0.1, 0.15) is 11.6 Å². The Kier molecular flexibility index (Phi) is 4.40. The largest absolute Gasteiger partial charge is 0.496 e. The number of methoxy groups -OCH3 is 1. The quantitative estimate of drug-likeness (QED) is 0.536. The van der Waals surface area contributed by atoms with Crippen LogP contribution in [0.3, 0.4) is 0 Å². The summed E-state index contributed by atoms with van der Waals surface area (Å²) in [5.74, 6) is 1.94. The van der Waals surface area contributed by atoms with Crippen molar-refractivity contribution in [3.05, 3.63) is 82.6 Å². The van der Waals surface area contributed by atoms with Gasteiger partial charge in [0.25, 0.3) is 0 Å². The van der Waals surface area contributed by atoms with Crippen LogP contribution in [-0.4, -0.2) is 33.5 Å². The number of hydrogen-bond acceptors (Lipinski definition) is 3. The number of ether oxygens (including phenoxy) is 1. The fraction of sp³-hybridized carbons (Fsp3) is 0.292. The van der Waals surface area contributed by atoms with Gasteiger partial charge in [-0.25, -0.2) is 4.98 Å². The van der Waals surface area contributed by atoms with E-state index in [2.05, 4.69) is 70.1 Å². The van der Waals surface area contributed by atoms with E-state index in [4.69, 9.17) is 4.74 Å². The lowest BCUT2D eigenvalue weighted by Crippen LogP contribution is -2.36. The molecular formula is C24H26N4O. The van der Waals surface area contributed by atoms with Crippen LogP contribution in [0.15, 0.2) is 48.8 Å². The minimum absolute atomic E-state index is 0.154. The first-order valence-electron chi connectivity index (χ1n) is 10.1. The zero-order valence-electron chi connectivity index (χ0n) is 17.1. The van der Waals surface area contributed by atoms with Crippen molar-refractivity contribution in [2.45, 2.75) is 32.9 Å². The van der Waals surface area contributed by atoms with Gasteiger partial charge in [-0.15, -0.1) is 0 Å². The summed E-state index contributed by atoms with van der Waals surface area (Å²) in [6, 6.07) is 13.1. The van der Waals surface area contributed by atoms with Crippen molar-refractivity contribution in [1.29, 1.82) is 0 Å². The maximum absolute atomic E-state index is 5.56. The Labute approximate surface area is 170 Å². The first-order valence-corrected chi connectivity index (χ1v) is 10.1. The Bertz CT molecular complexity index is 1160. The van der Waals surface area contributed by atoms with Gasteiger partial charge < -0.3 is 14.7 Å². The molecule has 2 aromatic heterocycles. The highest BCUT2D eigenvalue weighted by Crippen LogP contribution is 2.41. The Balaban J connectivity index is 1.68. The lowest BCUT2D eigenvalue weighted by Gasteiger charge is -2.36. The number of para-hydroxylation sites is 1. The summed E-state index contributed by atoms with van der Waals surface area (Å²) in [4.78, 5) is 14.0. The molecule has 0 bridgehead atoms. The summed E-state index contributed by atoms with van der Waals surface area (Å²) in [6.45, 7) is 6.13. The fourth-order valence-electron chi connectivity index (χ4n) is 4.72. The standard InChI is InChI=1S/C24H26N4O/c1-15-16(2)21(29-3)9-8-17(15)24-23-19(18-6-4-5-7-20(18)27-23)10-13-28(24)14-22-25-11-12-26-22/h4-9,11-12,24,27H,10,13-14H2,1-3H3,(H,25,26). The van der Waals surface area contributed by atoms with Gasteiger partial charge in [0, 0.05) is 35.5 Å². The van der Waals surface area contributed by atoms with Crippen LogP contribution in [0.2, 0.25) is 0 Å². The molecule has 148 valence electrons. The number of aromatic nitrogens is 3. The Hall–Kier alpha value is -3.05. The molecule has 0 amide bonds. The van der Waals surface area contributed by atoms with Crippen LogP contribution in [0.5, 0.6) is 5.75 Å². The molecule has 0 spiro atoms. The topological polar surface area (TPSA) is 56.9 Å². The third-order valence-electron chi connectivity index (χ3n) is 6.34. The molecule has 0 fully saturated rings. The zero-order valence-corrected chi connectivity index (χ0v) is 17.1. The second kappa shape index (κ2) is 7.08. The Morgan fingerprint density at radius 2 is 2.00 bits per heavy atom. The first kappa shape index (κ1) is 18.0. The molecule has 0 saturated carbocycles. The van der Waals surface area contributed by atoms with Crippen molar-refractivity contribution >= 4 is 10.9 Å². The van der Waals surface area contributed by atoms with Gasteiger partial charge in [-0.3, -0.25) is 4.90 Å². The molecule has 0 saturated heterocycles. The summed E-state index contributed by atoms with van der Waals surface area (Å²) in [6.07, 6.45) is 4.75. The van der Waals surface area contributed by atoms with E-state index in [1.165, 1.54) is 38.9 Å². The van der Waals surface area contributed by atoms with Gasteiger partial charge >= 0.3 is 0 Å². The molecule has 0 radical (unpaired) electrons. The number of nitrogens with zero attached hydrogens (tertiary/aromatic N) is 2. The third-order valence-corrected chi connectivity index (χ3v) is 6.34. The Morgan fingerprint density at radius 3 is 2.79 bits per heavy atom. The normalized spacial score (nSPS) is 16.9. The number of H-pyrrole nitrogens is 2. The molecule has 1 aliphatic heterocycles. The molecule has 1 aliphatic rings. The van der Waals surface area contributed by atoms with Crippen molar-refractivity contribution in [3.63, 3.8) is 0 Å². The summed E-state index contributed by atoms with van der Waals surface area (Å²) in [5.41, 5.74) is 7.76. The molecular weight excluding hydrogens is 360 g/mol. The maximum atomic E-state index is 5.56. The molecule has 29 heavy (non-hydrogen) atoms. The predicted molar refractivity (Wildman–Crippen MR) is 115 cm³/mol. The van der Waals surface area contributed by atoms with Crippen LogP contribution in [0, 0.1) is 13.8 Å². The van der Waals surface area contributed by atoms with Crippen LogP contribution >= 0.6 is 0 Å². The highest BCUT2D eigenvalue weighted by Gasteiger charge is 2.33. The van der Waals surface area contributed by atoms with Gasteiger partial charge in [-0.1, -0.05) is 24.3 Å². The van der Waals surface area contributed by atoms with Gasteiger partial charge in [-0.2, -0.15) is 0 Å². The van der Waals surface area contributed by atoms with Crippen molar-refractivity contribution < 1.29 is 4.74 Å². The molecule has 0 aliphatic carbocycles. The SMILES string of the molecule is COc1ccc(C2c3[nH]c4ccccc4c3CCN2Cc2ncc[nH]2)c(C)c1C. The maximum Gasteiger partial charge on any atom is 0.122 e.